The highest BCUT2D eigenvalue weighted by Crippen LogP contribution is 2.46. The summed E-state index contributed by atoms with van der Waals surface area (Å²) in [6, 6.07) is 25.9. The number of aldehydes is 1. The van der Waals surface area contributed by atoms with Gasteiger partial charge in [0.2, 0.25) is 6.79 Å². The van der Waals surface area contributed by atoms with Crippen molar-refractivity contribution in [1.29, 1.82) is 0 Å². The quantitative estimate of drug-likeness (QED) is 0.183. The Morgan fingerprint density at radius 1 is 0.826 bits per heavy atom. The van der Waals surface area contributed by atoms with Crippen molar-refractivity contribution in [2.75, 3.05) is 44.8 Å². The second-order valence-electron chi connectivity index (χ2n) is 11.3. The molecule has 5 aromatic rings. The lowest BCUT2D eigenvalue weighted by atomic mass is 9.88. The highest BCUT2D eigenvalue weighted by atomic mass is 32.1. The first-order valence-electron chi connectivity index (χ1n) is 14.5. The third-order valence-electron chi connectivity index (χ3n) is 7.84. The number of carbonyl (C=O) groups is 2. The van der Waals surface area contributed by atoms with E-state index in [1.165, 1.54) is 0 Å². The first-order chi connectivity index (χ1) is 22.2. The van der Waals surface area contributed by atoms with Crippen LogP contribution in [0.2, 0.25) is 0 Å². The number of esters is 1. The molecule has 10 nitrogen and oxygen atoms in total. The number of cyclic esters (lactones) is 1. The van der Waals surface area contributed by atoms with Crippen LogP contribution in [-0.4, -0.2) is 61.1 Å². The number of rotatable bonds is 7. The Labute approximate surface area is 270 Å². The second kappa shape index (κ2) is 12.6. The molecular formula is C35H32N4O6S. The summed E-state index contributed by atoms with van der Waals surface area (Å²) in [6.07, 6.45) is 1.15. The summed E-state index contributed by atoms with van der Waals surface area (Å²) in [7, 11) is 7.88. The predicted octanol–water partition coefficient (Wildman–Crippen LogP) is 5.45. The van der Waals surface area contributed by atoms with E-state index in [-0.39, 0.29) is 6.79 Å². The average Bonchev–Trinajstić information content (AvgIpc) is 3.79. The van der Waals surface area contributed by atoms with Gasteiger partial charge in [-0.2, -0.15) is 8.75 Å². The minimum absolute atomic E-state index is 0.124. The van der Waals surface area contributed by atoms with Crippen molar-refractivity contribution >= 4 is 52.0 Å². The summed E-state index contributed by atoms with van der Waals surface area (Å²) in [5.74, 6) is -1.41. The molecule has 4 aromatic carbocycles. The van der Waals surface area contributed by atoms with Gasteiger partial charge in [-0.1, -0.05) is 18.2 Å². The van der Waals surface area contributed by atoms with Crippen molar-refractivity contribution in [1.82, 2.24) is 8.75 Å². The van der Waals surface area contributed by atoms with Crippen LogP contribution in [0, 0.1) is 0 Å². The molecule has 1 N–H and O–H groups in total. The molecule has 0 fully saturated rings. The standard InChI is InChI=1S/C26H21N3O5S.C9H11NO/c1-29(2)18-7-3-15(4-8-18)11-19-24(16-5-10-22-23(12-16)33-14-32-22)25(30)34-26(19,31)17-6-9-20-21(13-17)28-35-27-20;1-10(2)9-5-3-8(7-11)4-6-9/h3-10,12-13,31H,11,14H2,1-2H3;3-7H,1-2H3. The molecule has 0 spiro atoms. The number of nitrogens with zero attached hydrogens (tertiary/aromatic N) is 4. The zero-order valence-corrected chi connectivity index (χ0v) is 26.6. The topological polar surface area (TPSA) is 114 Å². The fourth-order valence-corrected chi connectivity index (χ4v) is 5.80. The Morgan fingerprint density at radius 3 is 2.15 bits per heavy atom. The summed E-state index contributed by atoms with van der Waals surface area (Å²) in [4.78, 5) is 27.6. The SMILES string of the molecule is CN(C)c1ccc(C=O)cc1.CN(C)c1ccc(CC2=C(c3ccc4c(c3)OCO4)C(=O)OC2(O)c2ccc3nsnc3c2)cc1. The summed E-state index contributed by atoms with van der Waals surface area (Å²) >= 11 is 1.09. The van der Waals surface area contributed by atoms with Gasteiger partial charge in [0.25, 0.3) is 5.79 Å². The van der Waals surface area contributed by atoms with E-state index < -0.39 is 11.8 Å². The van der Waals surface area contributed by atoms with Gasteiger partial charge in [0.1, 0.15) is 17.3 Å². The summed E-state index contributed by atoms with van der Waals surface area (Å²) in [5, 5.41) is 11.9. The fourth-order valence-electron chi connectivity index (χ4n) is 5.28. The van der Waals surface area contributed by atoms with Crippen LogP contribution in [0.1, 0.15) is 27.0 Å². The number of hydrogen-bond acceptors (Lipinski definition) is 11. The van der Waals surface area contributed by atoms with Crippen LogP contribution >= 0.6 is 11.7 Å². The molecule has 0 saturated heterocycles. The molecule has 0 bridgehead atoms. The molecule has 0 saturated carbocycles. The number of hydrogen-bond donors (Lipinski definition) is 1. The minimum Gasteiger partial charge on any atom is -0.454 e. The van der Waals surface area contributed by atoms with Crippen LogP contribution in [-0.2, 0) is 21.7 Å². The van der Waals surface area contributed by atoms with Gasteiger partial charge < -0.3 is 29.1 Å². The van der Waals surface area contributed by atoms with Gasteiger partial charge >= 0.3 is 5.97 Å². The van der Waals surface area contributed by atoms with E-state index in [9.17, 15) is 14.7 Å². The molecule has 0 radical (unpaired) electrons. The minimum atomic E-state index is -1.96. The molecule has 1 aromatic heterocycles. The van der Waals surface area contributed by atoms with Gasteiger partial charge in [-0.15, -0.1) is 0 Å². The molecule has 1 atom stereocenters. The van der Waals surface area contributed by atoms with E-state index in [4.69, 9.17) is 14.2 Å². The Balaban J connectivity index is 0.000000288. The Kier molecular flexibility index (Phi) is 8.44. The van der Waals surface area contributed by atoms with Gasteiger partial charge in [0.05, 0.1) is 17.3 Å². The van der Waals surface area contributed by atoms with E-state index in [1.807, 2.05) is 86.5 Å². The maximum Gasteiger partial charge on any atom is 0.342 e. The molecular weight excluding hydrogens is 604 g/mol. The molecule has 2 aliphatic rings. The van der Waals surface area contributed by atoms with Crippen molar-refractivity contribution in [3.05, 3.63) is 113 Å². The number of aliphatic hydroxyl groups is 1. The van der Waals surface area contributed by atoms with Crippen molar-refractivity contribution in [2.24, 2.45) is 0 Å². The lowest BCUT2D eigenvalue weighted by Gasteiger charge is -2.26. The first-order valence-corrected chi connectivity index (χ1v) is 15.2. The number of fused-ring (bicyclic) bond motifs is 2. The van der Waals surface area contributed by atoms with E-state index in [2.05, 4.69) is 8.75 Å². The Bertz CT molecular complexity index is 1940. The zero-order valence-electron chi connectivity index (χ0n) is 25.8. The van der Waals surface area contributed by atoms with Crippen molar-refractivity contribution in [3.63, 3.8) is 0 Å². The van der Waals surface area contributed by atoms with Crippen LogP contribution in [0.25, 0.3) is 16.6 Å². The van der Waals surface area contributed by atoms with Crippen LogP contribution in [0.5, 0.6) is 11.5 Å². The van der Waals surface area contributed by atoms with Gasteiger partial charge in [-0.05, 0) is 77.9 Å². The molecule has 46 heavy (non-hydrogen) atoms. The maximum absolute atomic E-state index is 13.3. The van der Waals surface area contributed by atoms with E-state index in [0.717, 1.165) is 40.5 Å². The number of aromatic nitrogens is 2. The van der Waals surface area contributed by atoms with E-state index in [0.29, 0.717) is 51.2 Å². The molecule has 0 amide bonds. The Hall–Kier alpha value is -5.26. The molecule has 234 valence electrons. The van der Waals surface area contributed by atoms with Crippen molar-refractivity contribution in [3.8, 4) is 11.5 Å². The van der Waals surface area contributed by atoms with Crippen LogP contribution in [0.15, 0.2) is 90.5 Å². The largest absolute Gasteiger partial charge is 0.454 e. The van der Waals surface area contributed by atoms with Gasteiger partial charge in [0.15, 0.2) is 11.5 Å². The first kappa shape index (κ1) is 30.8. The second-order valence-corrected chi connectivity index (χ2v) is 11.8. The number of ether oxygens (including phenoxy) is 3. The van der Waals surface area contributed by atoms with Gasteiger partial charge in [-0.25, -0.2) is 4.79 Å². The molecule has 0 aliphatic carbocycles. The summed E-state index contributed by atoms with van der Waals surface area (Å²) < 4.78 is 25.2. The van der Waals surface area contributed by atoms with Gasteiger partial charge in [0, 0.05) is 62.7 Å². The average molecular weight is 637 g/mol. The number of benzene rings is 4. The molecule has 11 heteroatoms. The third kappa shape index (κ3) is 6.02. The molecule has 7 rings (SSSR count). The number of anilines is 2. The highest BCUT2D eigenvalue weighted by Gasteiger charge is 2.48. The third-order valence-corrected chi connectivity index (χ3v) is 8.40. The molecule has 2 aliphatic heterocycles. The van der Waals surface area contributed by atoms with Crippen molar-refractivity contribution < 1.29 is 28.9 Å². The van der Waals surface area contributed by atoms with Crippen LogP contribution in [0.4, 0.5) is 11.4 Å². The van der Waals surface area contributed by atoms with E-state index in [1.54, 1.807) is 36.4 Å². The summed E-state index contributed by atoms with van der Waals surface area (Å²) in [6.45, 7) is 0.124. The monoisotopic (exact) mass is 636 g/mol. The predicted molar refractivity (Wildman–Crippen MR) is 178 cm³/mol. The molecule has 3 heterocycles. The lowest BCUT2D eigenvalue weighted by molar-refractivity contribution is -0.185. The fraction of sp³-hybridized carbons (Fsp3) is 0.200. The lowest BCUT2D eigenvalue weighted by Crippen LogP contribution is -2.29. The molecule has 1 unspecified atom stereocenters. The van der Waals surface area contributed by atoms with Crippen molar-refractivity contribution in [2.45, 2.75) is 12.2 Å². The highest BCUT2D eigenvalue weighted by molar-refractivity contribution is 7.00. The zero-order chi connectivity index (χ0) is 32.4. The van der Waals surface area contributed by atoms with Gasteiger partial charge in [-0.3, -0.25) is 4.79 Å². The Morgan fingerprint density at radius 2 is 1.48 bits per heavy atom. The van der Waals surface area contributed by atoms with E-state index >= 15 is 0 Å². The number of carbonyl (C=O) groups excluding carboxylic acids is 2. The normalized spacial score (nSPS) is 16.6. The smallest absolute Gasteiger partial charge is 0.342 e. The summed E-state index contributed by atoms with van der Waals surface area (Å²) in [5.41, 5.74) is 6.90. The maximum atomic E-state index is 13.3. The van der Waals surface area contributed by atoms with Crippen LogP contribution < -0.4 is 19.3 Å². The van der Waals surface area contributed by atoms with Crippen LogP contribution in [0.3, 0.4) is 0 Å².